The smallest absolute Gasteiger partial charge is 0.307 e. The summed E-state index contributed by atoms with van der Waals surface area (Å²) in [6, 6.07) is 7.74. The van der Waals surface area contributed by atoms with Crippen LogP contribution in [0.25, 0.3) is 11.0 Å². The number of amides is 1. The van der Waals surface area contributed by atoms with Gasteiger partial charge >= 0.3 is 5.97 Å². The average Bonchev–Trinajstić information content (AvgIpc) is 2.88. The van der Waals surface area contributed by atoms with E-state index in [1.54, 1.807) is 6.92 Å². The maximum absolute atomic E-state index is 11.7. The number of H-pyrrole nitrogens is 1. The van der Waals surface area contributed by atoms with Gasteiger partial charge in [0, 0.05) is 19.4 Å². The van der Waals surface area contributed by atoms with Gasteiger partial charge in [-0.2, -0.15) is 0 Å². The molecule has 0 radical (unpaired) electrons. The molecule has 2 N–H and O–H groups in total. The molecule has 0 spiro atoms. The van der Waals surface area contributed by atoms with Gasteiger partial charge in [0.2, 0.25) is 5.91 Å². The normalized spacial score (nSPS) is 10.5. The Balaban J connectivity index is 1.72. The standard InChI is InChI=1S/C15H19N3O3/c1-2-21-15(20)9-10-16-14(19)8-7-13-17-11-5-3-4-6-12(11)18-13/h3-6H,2,7-10H2,1H3,(H,16,19)(H,17,18). The summed E-state index contributed by atoms with van der Waals surface area (Å²) >= 11 is 0. The highest BCUT2D eigenvalue weighted by molar-refractivity contribution is 5.78. The van der Waals surface area contributed by atoms with Crippen LogP contribution >= 0.6 is 0 Å². The van der Waals surface area contributed by atoms with E-state index in [9.17, 15) is 9.59 Å². The largest absolute Gasteiger partial charge is 0.466 e. The van der Waals surface area contributed by atoms with Crippen LogP contribution < -0.4 is 5.32 Å². The molecule has 2 rings (SSSR count). The minimum Gasteiger partial charge on any atom is -0.466 e. The molecule has 1 amide bonds. The molecule has 0 saturated carbocycles. The van der Waals surface area contributed by atoms with Crippen molar-refractivity contribution >= 4 is 22.9 Å². The van der Waals surface area contributed by atoms with Crippen molar-refractivity contribution in [2.75, 3.05) is 13.2 Å². The van der Waals surface area contributed by atoms with Crippen molar-refractivity contribution in [3.05, 3.63) is 30.1 Å². The fraction of sp³-hybridized carbons (Fsp3) is 0.400. The molecular weight excluding hydrogens is 270 g/mol. The molecule has 1 heterocycles. The van der Waals surface area contributed by atoms with E-state index in [0.717, 1.165) is 16.9 Å². The summed E-state index contributed by atoms with van der Waals surface area (Å²) in [5.74, 6) is 0.395. The van der Waals surface area contributed by atoms with E-state index in [1.807, 2.05) is 24.3 Å². The van der Waals surface area contributed by atoms with Gasteiger partial charge in [0.25, 0.3) is 0 Å². The number of aromatic amines is 1. The number of aromatic nitrogens is 2. The number of carbonyl (C=O) groups is 2. The number of fused-ring (bicyclic) bond motifs is 1. The van der Waals surface area contributed by atoms with Crippen molar-refractivity contribution < 1.29 is 14.3 Å². The van der Waals surface area contributed by atoms with Gasteiger partial charge in [0.05, 0.1) is 24.1 Å². The lowest BCUT2D eigenvalue weighted by Gasteiger charge is -2.04. The molecule has 6 nitrogen and oxygen atoms in total. The quantitative estimate of drug-likeness (QED) is 0.758. The first-order chi connectivity index (χ1) is 10.2. The van der Waals surface area contributed by atoms with E-state index in [0.29, 0.717) is 26.0 Å². The Morgan fingerprint density at radius 1 is 1.29 bits per heavy atom. The van der Waals surface area contributed by atoms with Gasteiger partial charge in [-0.3, -0.25) is 9.59 Å². The number of para-hydroxylation sites is 2. The van der Waals surface area contributed by atoms with E-state index in [2.05, 4.69) is 15.3 Å². The molecule has 1 aromatic carbocycles. The maximum atomic E-state index is 11.7. The molecule has 0 bridgehead atoms. The third-order valence-corrected chi connectivity index (χ3v) is 2.98. The van der Waals surface area contributed by atoms with E-state index < -0.39 is 0 Å². The monoisotopic (exact) mass is 289 g/mol. The Morgan fingerprint density at radius 3 is 2.86 bits per heavy atom. The number of imidazole rings is 1. The van der Waals surface area contributed by atoms with Gasteiger partial charge < -0.3 is 15.0 Å². The van der Waals surface area contributed by atoms with E-state index >= 15 is 0 Å². The molecule has 0 saturated heterocycles. The number of ether oxygens (including phenoxy) is 1. The van der Waals surface area contributed by atoms with E-state index in [-0.39, 0.29) is 18.3 Å². The molecule has 0 fully saturated rings. The molecule has 0 aliphatic carbocycles. The highest BCUT2D eigenvalue weighted by Gasteiger charge is 2.07. The highest BCUT2D eigenvalue weighted by Crippen LogP contribution is 2.11. The molecule has 21 heavy (non-hydrogen) atoms. The van der Waals surface area contributed by atoms with Crippen molar-refractivity contribution in [2.24, 2.45) is 0 Å². The van der Waals surface area contributed by atoms with Crippen LogP contribution in [0.4, 0.5) is 0 Å². The molecular formula is C15H19N3O3. The fourth-order valence-corrected chi connectivity index (χ4v) is 1.98. The first-order valence-corrected chi connectivity index (χ1v) is 7.05. The van der Waals surface area contributed by atoms with Crippen molar-refractivity contribution in [1.29, 1.82) is 0 Å². The molecule has 2 aromatic rings. The second-order valence-corrected chi connectivity index (χ2v) is 4.61. The van der Waals surface area contributed by atoms with Crippen LogP contribution in [0.5, 0.6) is 0 Å². The van der Waals surface area contributed by atoms with Gasteiger partial charge in [-0.1, -0.05) is 12.1 Å². The summed E-state index contributed by atoms with van der Waals surface area (Å²) in [7, 11) is 0. The van der Waals surface area contributed by atoms with Crippen LogP contribution in [0.3, 0.4) is 0 Å². The van der Waals surface area contributed by atoms with Crippen LogP contribution in [0.15, 0.2) is 24.3 Å². The minimum absolute atomic E-state index is 0.0974. The van der Waals surface area contributed by atoms with Crippen LogP contribution in [0, 0.1) is 0 Å². The third-order valence-electron chi connectivity index (χ3n) is 2.98. The Labute approximate surface area is 122 Å². The van der Waals surface area contributed by atoms with Crippen LogP contribution in [0.2, 0.25) is 0 Å². The number of rotatable bonds is 7. The molecule has 112 valence electrons. The second kappa shape index (κ2) is 7.42. The topological polar surface area (TPSA) is 84.1 Å². The van der Waals surface area contributed by atoms with E-state index in [4.69, 9.17) is 4.74 Å². The predicted octanol–water partition coefficient (Wildman–Crippen LogP) is 1.56. The molecule has 0 unspecified atom stereocenters. The zero-order chi connectivity index (χ0) is 15.1. The lowest BCUT2D eigenvalue weighted by Crippen LogP contribution is -2.26. The summed E-state index contributed by atoms with van der Waals surface area (Å²) in [4.78, 5) is 30.4. The first kappa shape index (κ1) is 15.0. The second-order valence-electron chi connectivity index (χ2n) is 4.61. The zero-order valence-electron chi connectivity index (χ0n) is 12.0. The Bertz CT molecular complexity index is 588. The Kier molecular flexibility index (Phi) is 5.31. The summed E-state index contributed by atoms with van der Waals surface area (Å²) in [6.07, 6.45) is 1.08. The number of nitrogens with zero attached hydrogens (tertiary/aromatic N) is 1. The van der Waals surface area contributed by atoms with Crippen molar-refractivity contribution in [1.82, 2.24) is 15.3 Å². The van der Waals surface area contributed by atoms with Gasteiger partial charge in [0.15, 0.2) is 0 Å². The van der Waals surface area contributed by atoms with Crippen LogP contribution in [-0.2, 0) is 20.7 Å². The molecule has 1 aromatic heterocycles. The Morgan fingerprint density at radius 2 is 2.10 bits per heavy atom. The summed E-state index contributed by atoms with van der Waals surface area (Å²) < 4.78 is 4.78. The lowest BCUT2D eigenvalue weighted by atomic mass is 10.3. The van der Waals surface area contributed by atoms with Crippen LogP contribution in [0.1, 0.15) is 25.6 Å². The number of esters is 1. The molecule has 0 atom stereocenters. The predicted molar refractivity (Wildman–Crippen MR) is 78.7 cm³/mol. The van der Waals surface area contributed by atoms with Gasteiger partial charge in [0.1, 0.15) is 5.82 Å². The Hall–Kier alpha value is -2.37. The summed E-state index contributed by atoms with van der Waals surface area (Å²) in [5.41, 5.74) is 1.87. The first-order valence-electron chi connectivity index (χ1n) is 7.05. The zero-order valence-corrected chi connectivity index (χ0v) is 12.0. The lowest BCUT2D eigenvalue weighted by molar-refractivity contribution is -0.143. The van der Waals surface area contributed by atoms with Crippen LogP contribution in [-0.4, -0.2) is 35.0 Å². The van der Waals surface area contributed by atoms with E-state index in [1.165, 1.54) is 0 Å². The molecule has 0 aliphatic heterocycles. The number of hydrogen-bond acceptors (Lipinski definition) is 4. The van der Waals surface area contributed by atoms with Crippen molar-refractivity contribution in [2.45, 2.75) is 26.2 Å². The highest BCUT2D eigenvalue weighted by atomic mass is 16.5. The molecule has 6 heteroatoms. The maximum Gasteiger partial charge on any atom is 0.307 e. The number of carbonyl (C=O) groups excluding carboxylic acids is 2. The summed E-state index contributed by atoms with van der Waals surface area (Å²) in [5, 5.41) is 2.69. The third kappa shape index (κ3) is 4.59. The SMILES string of the molecule is CCOC(=O)CCNC(=O)CCc1nc2ccccc2[nH]1. The van der Waals surface area contributed by atoms with Crippen molar-refractivity contribution in [3.8, 4) is 0 Å². The number of hydrogen-bond donors (Lipinski definition) is 2. The summed E-state index contributed by atoms with van der Waals surface area (Å²) in [6.45, 7) is 2.42. The fourth-order valence-electron chi connectivity index (χ4n) is 1.98. The number of benzene rings is 1. The van der Waals surface area contributed by atoms with Gasteiger partial charge in [-0.05, 0) is 19.1 Å². The van der Waals surface area contributed by atoms with Crippen molar-refractivity contribution in [3.63, 3.8) is 0 Å². The van der Waals surface area contributed by atoms with Gasteiger partial charge in [-0.25, -0.2) is 4.98 Å². The molecule has 0 aliphatic rings. The minimum atomic E-state index is -0.296. The average molecular weight is 289 g/mol. The van der Waals surface area contributed by atoms with Gasteiger partial charge in [-0.15, -0.1) is 0 Å². The number of nitrogens with one attached hydrogen (secondary N) is 2. The number of aryl methyl sites for hydroxylation is 1.